The third kappa shape index (κ3) is 3.86. The van der Waals surface area contributed by atoms with Crippen LogP contribution in [0.25, 0.3) is 11.0 Å². The van der Waals surface area contributed by atoms with Crippen LogP contribution in [0.2, 0.25) is 0 Å². The van der Waals surface area contributed by atoms with Crippen molar-refractivity contribution in [3.05, 3.63) is 34.0 Å². The fraction of sp³-hybridized carbons (Fsp3) is 0.529. The first-order chi connectivity index (χ1) is 9.47. The molecule has 0 aliphatic carbocycles. The van der Waals surface area contributed by atoms with E-state index in [4.69, 9.17) is 4.42 Å². The van der Waals surface area contributed by atoms with E-state index in [0.717, 1.165) is 41.5 Å². The van der Waals surface area contributed by atoms with E-state index in [1.54, 1.807) is 0 Å². The number of benzene rings is 1. The lowest BCUT2D eigenvalue weighted by Crippen LogP contribution is -2.02. The van der Waals surface area contributed by atoms with Crippen molar-refractivity contribution in [1.82, 2.24) is 0 Å². The van der Waals surface area contributed by atoms with Crippen LogP contribution in [0.5, 0.6) is 0 Å². The van der Waals surface area contributed by atoms with E-state index < -0.39 is 0 Å². The second-order valence-corrected chi connectivity index (χ2v) is 6.88. The highest BCUT2D eigenvalue weighted by Crippen LogP contribution is 2.31. The first kappa shape index (κ1) is 15.6. The molecule has 0 aliphatic heterocycles. The maximum absolute atomic E-state index is 9.49. The molecular formula is C17H23BrO2. The minimum atomic E-state index is -0.284. The highest BCUT2D eigenvalue weighted by molar-refractivity contribution is 9.10. The lowest BCUT2D eigenvalue weighted by atomic mass is 9.98. The van der Waals surface area contributed by atoms with Crippen molar-refractivity contribution in [1.29, 1.82) is 0 Å². The molecule has 2 rings (SSSR count). The van der Waals surface area contributed by atoms with E-state index in [2.05, 4.69) is 35.8 Å². The molecule has 0 saturated carbocycles. The normalized spacial score (nSPS) is 13.3. The Hall–Kier alpha value is -0.800. The van der Waals surface area contributed by atoms with Crippen LogP contribution in [0.1, 0.15) is 44.9 Å². The molecule has 2 aromatic rings. The highest BCUT2D eigenvalue weighted by Gasteiger charge is 2.15. The van der Waals surface area contributed by atoms with E-state index >= 15 is 0 Å². The molecule has 0 saturated heterocycles. The summed E-state index contributed by atoms with van der Waals surface area (Å²) in [6.45, 7) is 6.31. The topological polar surface area (TPSA) is 33.4 Å². The Morgan fingerprint density at radius 3 is 2.55 bits per heavy atom. The second kappa shape index (κ2) is 6.77. The molecule has 0 aliphatic rings. The Morgan fingerprint density at radius 2 is 1.90 bits per heavy atom. The van der Waals surface area contributed by atoms with Crippen molar-refractivity contribution in [2.45, 2.75) is 52.6 Å². The van der Waals surface area contributed by atoms with Gasteiger partial charge in [-0.3, -0.25) is 0 Å². The summed E-state index contributed by atoms with van der Waals surface area (Å²) in [7, 11) is 0. The molecule has 2 nitrogen and oxygen atoms in total. The Balaban J connectivity index is 2.35. The van der Waals surface area contributed by atoms with Crippen LogP contribution in [0, 0.1) is 5.92 Å². The number of fused-ring (bicyclic) bond motifs is 1. The van der Waals surface area contributed by atoms with Crippen molar-refractivity contribution >= 4 is 26.9 Å². The summed E-state index contributed by atoms with van der Waals surface area (Å²) < 4.78 is 7.09. The van der Waals surface area contributed by atoms with E-state index in [0.29, 0.717) is 5.92 Å². The summed E-state index contributed by atoms with van der Waals surface area (Å²) in [6.07, 6.45) is 3.46. The minimum Gasteiger partial charge on any atom is -0.461 e. The number of halogens is 1. The number of aliphatic hydroxyl groups is 1. The summed E-state index contributed by atoms with van der Waals surface area (Å²) in [5.74, 6) is 1.72. The molecule has 1 N–H and O–H groups in total. The summed E-state index contributed by atoms with van der Waals surface area (Å²) in [6, 6.07) is 6.17. The first-order valence-corrected chi connectivity index (χ1v) is 8.14. The summed E-state index contributed by atoms with van der Waals surface area (Å²) in [4.78, 5) is 0. The molecule has 1 atom stereocenters. The molecule has 1 aromatic carbocycles. The molecule has 0 amide bonds. The molecule has 1 aromatic heterocycles. The smallest absolute Gasteiger partial charge is 0.134 e. The van der Waals surface area contributed by atoms with Gasteiger partial charge in [-0.1, -0.05) is 29.8 Å². The van der Waals surface area contributed by atoms with Gasteiger partial charge in [0.15, 0.2) is 0 Å². The van der Waals surface area contributed by atoms with Gasteiger partial charge in [-0.15, -0.1) is 0 Å². The summed E-state index contributed by atoms with van der Waals surface area (Å²) >= 11 is 3.54. The number of hydrogen-bond acceptors (Lipinski definition) is 2. The molecule has 0 fully saturated rings. The lowest BCUT2D eigenvalue weighted by molar-refractivity contribution is 0.182. The predicted molar refractivity (Wildman–Crippen MR) is 87.1 cm³/mol. The quantitative estimate of drug-likeness (QED) is 0.794. The Bertz CT molecular complexity index is 570. The lowest BCUT2D eigenvalue weighted by Gasteiger charge is -2.07. The van der Waals surface area contributed by atoms with E-state index in [1.807, 2.05) is 19.1 Å². The SMILES string of the molecule is CC(C)CCc1c(CCC(C)O)oc2ccc(Br)cc12. The fourth-order valence-corrected chi connectivity index (χ4v) is 2.78. The molecule has 1 heterocycles. The fourth-order valence-electron chi connectivity index (χ4n) is 2.42. The largest absolute Gasteiger partial charge is 0.461 e. The molecular weight excluding hydrogens is 316 g/mol. The van der Waals surface area contributed by atoms with Crippen LogP contribution in [0.15, 0.2) is 27.1 Å². The molecule has 0 spiro atoms. The van der Waals surface area contributed by atoms with Gasteiger partial charge in [-0.2, -0.15) is 0 Å². The average Bonchev–Trinajstić information content (AvgIpc) is 2.71. The van der Waals surface area contributed by atoms with Gasteiger partial charge >= 0.3 is 0 Å². The van der Waals surface area contributed by atoms with Crippen LogP contribution in [-0.4, -0.2) is 11.2 Å². The zero-order valence-electron chi connectivity index (χ0n) is 12.4. The van der Waals surface area contributed by atoms with Gasteiger partial charge < -0.3 is 9.52 Å². The van der Waals surface area contributed by atoms with E-state index in [1.165, 1.54) is 10.9 Å². The van der Waals surface area contributed by atoms with Gasteiger partial charge in [0.1, 0.15) is 11.3 Å². The Morgan fingerprint density at radius 1 is 1.15 bits per heavy atom. The zero-order valence-corrected chi connectivity index (χ0v) is 14.0. The zero-order chi connectivity index (χ0) is 14.7. The van der Waals surface area contributed by atoms with E-state index in [-0.39, 0.29) is 6.10 Å². The second-order valence-electron chi connectivity index (χ2n) is 5.96. The van der Waals surface area contributed by atoms with Gasteiger partial charge in [-0.25, -0.2) is 0 Å². The molecule has 1 unspecified atom stereocenters. The molecule has 0 radical (unpaired) electrons. The molecule has 0 bridgehead atoms. The molecule has 20 heavy (non-hydrogen) atoms. The maximum Gasteiger partial charge on any atom is 0.134 e. The summed E-state index contributed by atoms with van der Waals surface area (Å²) in [5, 5.41) is 10.7. The van der Waals surface area contributed by atoms with Crippen molar-refractivity contribution in [3.8, 4) is 0 Å². The Kier molecular flexibility index (Phi) is 5.28. The molecule has 3 heteroatoms. The monoisotopic (exact) mass is 338 g/mol. The van der Waals surface area contributed by atoms with Crippen molar-refractivity contribution in [3.63, 3.8) is 0 Å². The minimum absolute atomic E-state index is 0.284. The number of furan rings is 1. The van der Waals surface area contributed by atoms with Gasteiger partial charge in [0.25, 0.3) is 0 Å². The number of aliphatic hydroxyl groups excluding tert-OH is 1. The van der Waals surface area contributed by atoms with Gasteiger partial charge in [0.05, 0.1) is 6.10 Å². The summed E-state index contributed by atoms with van der Waals surface area (Å²) in [5.41, 5.74) is 2.27. The predicted octanol–water partition coefficient (Wildman–Crippen LogP) is 5.10. The third-order valence-corrected chi connectivity index (χ3v) is 4.09. The standard InChI is InChI=1S/C17H23BrO2/c1-11(2)4-7-14-15-10-13(18)6-9-17(15)20-16(14)8-5-12(3)19/h6,9-12,19H,4-5,7-8H2,1-3H3. The highest BCUT2D eigenvalue weighted by atomic mass is 79.9. The van der Waals surface area contributed by atoms with Gasteiger partial charge in [0.2, 0.25) is 0 Å². The van der Waals surface area contributed by atoms with Crippen LogP contribution in [0.3, 0.4) is 0 Å². The molecule has 110 valence electrons. The Labute approximate surface area is 129 Å². The van der Waals surface area contributed by atoms with Gasteiger partial charge in [-0.05, 0) is 50.3 Å². The third-order valence-electron chi connectivity index (χ3n) is 3.60. The van der Waals surface area contributed by atoms with Crippen molar-refractivity contribution in [2.24, 2.45) is 5.92 Å². The first-order valence-electron chi connectivity index (χ1n) is 7.35. The van der Waals surface area contributed by atoms with Crippen LogP contribution < -0.4 is 0 Å². The van der Waals surface area contributed by atoms with Crippen LogP contribution >= 0.6 is 15.9 Å². The van der Waals surface area contributed by atoms with Crippen molar-refractivity contribution < 1.29 is 9.52 Å². The van der Waals surface area contributed by atoms with E-state index in [9.17, 15) is 5.11 Å². The van der Waals surface area contributed by atoms with Gasteiger partial charge in [0, 0.05) is 21.8 Å². The number of rotatable bonds is 6. The van der Waals surface area contributed by atoms with Crippen LogP contribution in [-0.2, 0) is 12.8 Å². The number of hydrogen-bond donors (Lipinski definition) is 1. The van der Waals surface area contributed by atoms with Crippen LogP contribution in [0.4, 0.5) is 0 Å². The average molecular weight is 339 g/mol. The van der Waals surface area contributed by atoms with Crippen molar-refractivity contribution in [2.75, 3.05) is 0 Å². The maximum atomic E-state index is 9.49. The number of aryl methyl sites for hydroxylation is 2.